The second kappa shape index (κ2) is 11.1. The van der Waals surface area contributed by atoms with Crippen LogP contribution in [-0.2, 0) is 22.7 Å². The summed E-state index contributed by atoms with van der Waals surface area (Å²) in [5.74, 6) is -0.0291. The van der Waals surface area contributed by atoms with E-state index in [4.69, 9.17) is 4.74 Å². The van der Waals surface area contributed by atoms with Gasteiger partial charge in [-0.05, 0) is 49.3 Å². The molecular weight excluding hydrogens is 394 g/mol. The molecule has 3 heteroatoms. The lowest BCUT2D eigenvalue weighted by molar-refractivity contribution is -0.151. The van der Waals surface area contributed by atoms with Crippen molar-refractivity contribution in [3.05, 3.63) is 108 Å². The standard InChI is InChI=1S/C29H33NO2/c1-23(26-15-9-4-10-16-26)30(21-24-11-5-2-6-12-24)28-19-17-27(18-20-28)29(31)32-22-25-13-7-3-8-14-25/h2-16,23,27-28H,17-22H2,1H3/t23-,27?,28?/m1/s1. The van der Waals surface area contributed by atoms with E-state index in [-0.39, 0.29) is 11.9 Å². The number of rotatable bonds is 8. The molecule has 3 aromatic carbocycles. The lowest BCUT2D eigenvalue weighted by atomic mass is 9.84. The molecule has 1 fully saturated rings. The Kier molecular flexibility index (Phi) is 7.73. The Labute approximate surface area is 192 Å². The van der Waals surface area contributed by atoms with E-state index in [2.05, 4.69) is 72.5 Å². The number of esters is 1. The smallest absolute Gasteiger partial charge is 0.309 e. The molecule has 0 unspecified atom stereocenters. The first-order valence-corrected chi connectivity index (χ1v) is 11.8. The van der Waals surface area contributed by atoms with Gasteiger partial charge < -0.3 is 4.74 Å². The summed E-state index contributed by atoms with van der Waals surface area (Å²) in [7, 11) is 0. The predicted molar refractivity (Wildman–Crippen MR) is 129 cm³/mol. The summed E-state index contributed by atoms with van der Waals surface area (Å²) in [4.78, 5) is 15.3. The number of carbonyl (C=O) groups is 1. The van der Waals surface area contributed by atoms with Crippen LogP contribution in [0.25, 0.3) is 0 Å². The number of hydrogen-bond acceptors (Lipinski definition) is 3. The zero-order valence-corrected chi connectivity index (χ0v) is 18.9. The van der Waals surface area contributed by atoms with Crippen LogP contribution in [0, 0.1) is 5.92 Å². The molecular formula is C29H33NO2. The van der Waals surface area contributed by atoms with Gasteiger partial charge in [0, 0.05) is 18.6 Å². The van der Waals surface area contributed by atoms with E-state index in [0.29, 0.717) is 18.7 Å². The Bertz CT molecular complexity index is 950. The zero-order valence-electron chi connectivity index (χ0n) is 18.9. The maximum atomic E-state index is 12.7. The highest BCUT2D eigenvalue weighted by molar-refractivity contribution is 5.72. The van der Waals surface area contributed by atoms with Crippen molar-refractivity contribution < 1.29 is 9.53 Å². The Balaban J connectivity index is 1.39. The van der Waals surface area contributed by atoms with Gasteiger partial charge in [-0.3, -0.25) is 9.69 Å². The molecule has 3 nitrogen and oxygen atoms in total. The van der Waals surface area contributed by atoms with E-state index >= 15 is 0 Å². The first-order chi connectivity index (χ1) is 15.7. The van der Waals surface area contributed by atoms with Crippen molar-refractivity contribution in [2.45, 2.75) is 57.8 Å². The Hall–Kier alpha value is -2.91. The second-order valence-electron chi connectivity index (χ2n) is 8.84. The first kappa shape index (κ1) is 22.3. The Morgan fingerprint density at radius 3 is 1.94 bits per heavy atom. The highest BCUT2D eigenvalue weighted by Crippen LogP contribution is 2.34. The molecule has 0 aromatic heterocycles. The maximum absolute atomic E-state index is 12.7. The van der Waals surface area contributed by atoms with Gasteiger partial charge in [0.05, 0.1) is 5.92 Å². The number of nitrogens with zero attached hydrogens (tertiary/aromatic N) is 1. The van der Waals surface area contributed by atoms with Gasteiger partial charge in [-0.2, -0.15) is 0 Å². The molecule has 32 heavy (non-hydrogen) atoms. The molecule has 1 atom stereocenters. The number of benzene rings is 3. The molecule has 0 radical (unpaired) electrons. The van der Waals surface area contributed by atoms with Gasteiger partial charge in [-0.1, -0.05) is 91.0 Å². The SMILES string of the molecule is C[C@H](c1ccccc1)N(Cc1ccccc1)C1CCC(C(=O)OCc2ccccc2)CC1. The second-order valence-corrected chi connectivity index (χ2v) is 8.84. The van der Waals surface area contributed by atoms with Crippen LogP contribution in [0.5, 0.6) is 0 Å². The topological polar surface area (TPSA) is 29.5 Å². The molecule has 3 aromatic rings. The van der Waals surface area contributed by atoms with Crippen LogP contribution in [0.15, 0.2) is 91.0 Å². The predicted octanol–water partition coefficient (Wildman–Crippen LogP) is 6.55. The third-order valence-corrected chi connectivity index (χ3v) is 6.71. The molecule has 0 bridgehead atoms. The number of hydrogen-bond donors (Lipinski definition) is 0. The minimum Gasteiger partial charge on any atom is -0.461 e. The third-order valence-electron chi connectivity index (χ3n) is 6.71. The van der Waals surface area contributed by atoms with Crippen molar-refractivity contribution in [3.63, 3.8) is 0 Å². The van der Waals surface area contributed by atoms with E-state index in [1.54, 1.807) is 0 Å². The molecule has 0 amide bonds. The highest BCUT2D eigenvalue weighted by Gasteiger charge is 2.32. The van der Waals surface area contributed by atoms with Gasteiger partial charge in [-0.25, -0.2) is 0 Å². The molecule has 166 valence electrons. The van der Waals surface area contributed by atoms with Crippen LogP contribution in [0.3, 0.4) is 0 Å². The Morgan fingerprint density at radius 1 is 0.812 bits per heavy atom. The lowest BCUT2D eigenvalue weighted by Gasteiger charge is -2.40. The van der Waals surface area contributed by atoms with Gasteiger partial charge >= 0.3 is 5.97 Å². The lowest BCUT2D eigenvalue weighted by Crippen LogP contribution is -2.40. The molecule has 0 heterocycles. The molecule has 1 aliphatic rings. The van der Waals surface area contributed by atoms with Crippen LogP contribution in [0.2, 0.25) is 0 Å². The van der Waals surface area contributed by atoms with Crippen LogP contribution in [0.4, 0.5) is 0 Å². The minimum atomic E-state index is -0.0435. The molecule has 1 aliphatic carbocycles. The van der Waals surface area contributed by atoms with Crippen LogP contribution < -0.4 is 0 Å². The summed E-state index contributed by atoms with van der Waals surface area (Å²) < 4.78 is 5.62. The molecule has 4 rings (SSSR count). The molecule has 1 saturated carbocycles. The molecule has 0 spiro atoms. The fraction of sp³-hybridized carbons (Fsp3) is 0.345. The van der Waals surface area contributed by atoms with E-state index in [1.165, 1.54) is 11.1 Å². The summed E-state index contributed by atoms with van der Waals surface area (Å²) >= 11 is 0. The van der Waals surface area contributed by atoms with Crippen LogP contribution >= 0.6 is 0 Å². The van der Waals surface area contributed by atoms with Crippen molar-refractivity contribution in [1.29, 1.82) is 0 Å². The van der Waals surface area contributed by atoms with Gasteiger partial charge in [0.15, 0.2) is 0 Å². The average molecular weight is 428 g/mol. The fourth-order valence-corrected chi connectivity index (χ4v) is 4.79. The van der Waals surface area contributed by atoms with Crippen molar-refractivity contribution in [2.24, 2.45) is 5.92 Å². The first-order valence-electron chi connectivity index (χ1n) is 11.8. The van der Waals surface area contributed by atoms with E-state index < -0.39 is 0 Å². The highest BCUT2D eigenvalue weighted by atomic mass is 16.5. The number of ether oxygens (including phenoxy) is 1. The van der Waals surface area contributed by atoms with E-state index in [0.717, 1.165) is 37.8 Å². The van der Waals surface area contributed by atoms with Crippen LogP contribution in [0.1, 0.15) is 55.3 Å². The van der Waals surface area contributed by atoms with Gasteiger partial charge in [0.1, 0.15) is 6.61 Å². The zero-order chi connectivity index (χ0) is 22.2. The summed E-state index contributed by atoms with van der Waals surface area (Å²) in [5.41, 5.74) is 3.72. The van der Waals surface area contributed by atoms with Crippen LogP contribution in [-0.4, -0.2) is 16.9 Å². The quantitative estimate of drug-likeness (QED) is 0.382. The van der Waals surface area contributed by atoms with Gasteiger partial charge in [-0.15, -0.1) is 0 Å². The number of carbonyl (C=O) groups excluding carboxylic acids is 1. The van der Waals surface area contributed by atoms with Crippen molar-refractivity contribution in [3.8, 4) is 0 Å². The van der Waals surface area contributed by atoms with E-state index in [1.807, 2.05) is 30.3 Å². The summed E-state index contributed by atoms with van der Waals surface area (Å²) in [6.07, 6.45) is 3.83. The summed E-state index contributed by atoms with van der Waals surface area (Å²) in [6.45, 7) is 3.59. The third kappa shape index (κ3) is 5.86. The summed E-state index contributed by atoms with van der Waals surface area (Å²) in [6, 6.07) is 32.2. The molecule has 0 saturated heterocycles. The van der Waals surface area contributed by atoms with Crippen molar-refractivity contribution in [1.82, 2.24) is 4.90 Å². The summed E-state index contributed by atoms with van der Waals surface area (Å²) in [5, 5.41) is 0. The fourth-order valence-electron chi connectivity index (χ4n) is 4.79. The average Bonchev–Trinajstić information content (AvgIpc) is 2.87. The van der Waals surface area contributed by atoms with Gasteiger partial charge in [0.2, 0.25) is 0 Å². The molecule has 0 aliphatic heterocycles. The maximum Gasteiger partial charge on any atom is 0.309 e. The Morgan fingerprint density at radius 2 is 1.34 bits per heavy atom. The normalized spacial score (nSPS) is 19.4. The van der Waals surface area contributed by atoms with E-state index in [9.17, 15) is 4.79 Å². The van der Waals surface area contributed by atoms with Crippen molar-refractivity contribution >= 4 is 5.97 Å². The van der Waals surface area contributed by atoms with Gasteiger partial charge in [0.25, 0.3) is 0 Å². The molecule has 0 N–H and O–H groups in total. The van der Waals surface area contributed by atoms with Crippen molar-refractivity contribution in [2.75, 3.05) is 0 Å². The largest absolute Gasteiger partial charge is 0.461 e. The minimum absolute atomic E-state index is 0.0144. The monoisotopic (exact) mass is 427 g/mol.